The number of halogens is 1. The second-order valence-corrected chi connectivity index (χ2v) is 4.84. The number of rotatable bonds is 2. The number of benzene rings is 2. The molecule has 0 saturated carbocycles. The number of fused-ring (bicyclic) bond motifs is 1. The van der Waals surface area contributed by atoms with Crippen LogP contribution in [-0.2, 0) is 0 Å². The zero-order valence-electron chi connectivity index (χ0n) is 9.00. The van der Waals surface area contributed by atoms with Crippen LogP contribution in [-0.4, -0.2) is 6.21 Å². The van der Waals surface area contributed by atoms with Gasteiger partial charge in [0.2, 0.25) is 0 Å². The molecule has 0 heterocycles. The number of nitrogens with one attached hydrogen (secondary N) is 1. The van der Waals surface area contributed by atoms with E-state index < -0.39 is 0 Å². The molecular weight excluding hydrogens is 309 g/mol. The number of hydrogen-bond acceptors (Lipinski definition) is 1. The van der Waals surface area contributed by atoms with Crippen molar-refractivity contribution in [2.24, 2.45) is 0 Å². The van der Waals surface area contributed by atoms with Gasteiger partial charge in [0.05, 0.1) is 0 Å². The molecule has 16 heavy (non-hydrogen) atoms. The summed E-state index contributed by atoms with van der Waals surface area (Å²) in [5.41, 5.74) is 2.06. The third-order valence-corrected chi connectivity index (χ3v) is 3.27. The van der Waals surface area contributed by atoms with Crippen LogP contribution in [0.15, 0.2) is 42.5 Å². The number of hydrogen-bond donors (Lipinski definition) is 1. The second-order valence-electron chi connectivity index (χ2n) is 3.59. The van der Waals surface area contributed by atoms with E-state index >= 15 is 0 Å². The van der Waals surface area contributed by atoms with E-state index in [1.165, 1.54) is 20.6 Å². The summed E-state index contributed by atoms with van der Waals surface area (Å²) in [5, 5.41) is 9.81. The molecule has 2 heteroatoms. The Morgan fingerprint density at radius 2 is 1.81 bits per heavy atom. The van der Waals surface area contributed by atoms with Gasteiger partial charge in [-0.2, -0.15) is 0 Å². The highest BCUT2D eigenvalue weighted by atomic mass is 127. The Labute approximate surface area is 109 Å². The van der Waals surface area contributed by atoms with Gasteiger partial charge in [0.15, 0.2) is 0 Å². The molecule has 0 amide bonds. The van der Waals surface area contributed by atoms with Crippen molar-refractivity contribution in [1.29, 1.82) is 5.41 Å². The molecule has 0 aromatic heterocycles. The molecule has 0 aliphatic rings. The smallest absolute Gasteiger partial charge is 0.0253 e. The topological polar surface area (TPSA) is 23.9 Å². The zero-order chi connectivity index (χ0) is 11.5. The molecule has 0 unspecified atom stereocenters. The maximum Gasteiger partial charge on any atom is 0.0253 e. The van der Waals surface area contributed by atoms with Crippen LogP contribution in [0.3, 0.4) is 0 Å². The van der Waals surface area contributed by atoms with E-state index in [1.807, 2.05) is 13.0 Å². The van der Waals surface area contributed by atoms with E-state index in [9.17, 15) is 0 Å². The van der Waals surface area contributed by atoms with E-state index in [0.29, 0.717) is 0 Å². The fourth-order valence-electron chi connectivity index (χ4n) is 1.73. The molecule has 0 fully saturated rings. The van der Waals surface area contributed by atoms with Gasteiger partial charge in [0, 0.05) is 9.78 Å². The molecule has 0 bridgehead atoms. The summed E-state index contributed by atoms with van der Waals surface area (Å²) in [4.78, 5) is 0. The van der Waals surface area contributed by atoms with Crippen molar-refractivity contribution in [2.45, 2.75) is 6.92 Å². The molecule has 2 aromatic carbocycles. The Morgan fingerprint density at radius 3 is 2.50 bits per heavy atom. The summed E-state index contributed by atoms with van der Waals surface area (Å²) in [5.74, 6) is 0. The van der Waals surface area contributed by atoms with Crippen LogP contribution in [0, 0.1) is 8.98 Å². The standard InChI is InChI=1S/C14H12IN/c1-2-10(9-16)11-3-4-13-8-14(15)6-5-12(13)7-11/h2-9,16H,1H3/b10-2+,16-9?. The van der Waals surface area contributed by atoms with Gasteiger partial charge < -0.3 is 5.41 Å². The first-order valence-electron chi connectivity index (χ1n) is 5.11. The summed E-state index contributed by atoms with van der Waals surface area (Å²) >= 11 is 2.32. The van der Waals surface area contributed by atoms with Crippen LogP contribution in [0.1, 0.15) is 12.5 Å². The molecule has 0 saturated heterocycles. The summed E-state index contributed by atoms with van der Waals surface area (Å²) < 4.78 is 1.25. The first-order valence-corrected chi connectivity index (χ1v) is 6.19. The van der Waals surface area contributed by atoms with Crippen LogP contribution in [0.5, 0.6) is 0 Å². The predicted octanol–water partition coefficient (Wildman–Crippen LogP) is 4.50. The van der Waals surface area contributed by atoms with Gasteiger partial charge in [-0.05, 0) is 69.6 Å². The fraction of sp³-hybridized carbons (Fsp3) is 0.0714. The van der Waals surface area contributed by atoms with Crippen molar-refractivity contribution < 1.29 is 0 Å². The van der Waals surface area contributed by atoms with Gasteiger partial charge >= 0.3 is 0 Å². The first kappa shape index (κ1) is 11.3. The van der Waals surface area contributed by atoms with Crippen LogP contribution in [0.25, 0.3) is 16.3 Å². The van der Waals surface area contributed by atoms with Crippen molar-refractivity contribution in [1.82, 2.24) is 0 Å². The molecule has 0 atom stereocenters. The van der Waals surface area contributed by atoms with Gasteiger partial charge in [0.25, 0.3) is 0 Å². The number of allylic oxidation sites excluding steroid dienone is 2. The highest BCUT2D eigenvalue weighted by molar-refractivity contribution is 14.1. The molecule has 0 aliphatic heterocycles. The molecule has 80 valence electrons. The maximum absolute atomic E-state index is 7.35. The van der Waals surface area contributed by atoms with Crippen LogP contribution >= 0.6 is 22.6 Å². The average molecular weight is 321 g/mol. The summed E-state index contributed by atoms with van der Waals surface area (Å²) in [6.07, 6.45) is 3.36. The lowest BCUT2D eigenvalue weighted by Gasteiger charge is -2.04. The molecule has 2 rings (SSSR count). The lowest BCUT2D eigenvalue weighted by atomic mass is 10.0. The van der Waals surface area contributed by atoms with Crippen LogP contribution < -0.4 is 0 Å². The van der Waals surface area contributed by atoms with Crippen LogP contribution in [0.4, 0.5) is 0 Å². The molecule has 0 radical (unpaired) electrons. The van der Waals surface area contributed by atoms with Crippen LogP contribution in [0.2, 0.25) is 0 Å². The Hall–Kier alpha value is -1.16. The Balaban J connectivity index is 2.60. The third-order valence-electron chi connectivity index (χ3n) is 2.60. The van der Waals surface area contributed by atoms with E-state index in [-0.39, 0.29) is 0 Å². The van der Waals surface area contributed by atoms with Gasteiger partial charge in [0.1, 0.15) is 0 Å². The molecular formula is C14H12IN. The minimum atomic E-state index is 0.959. The average Bonchev–Trinajstić information content (AvgIpc) is 2.31. The van der Waals surface area contributed by atoms with E-state index in [4.69, 9.17) is 5.41 Å². The van der Waals surface area contributed by atoms with E-state index in [0.717, 1.165) is 11.1 Å². The van der Waals surface area contributed by atoms with E-state index in [2.05, 4.69) is 59.0 Å². The van der Waals surface area contributed by atoms with Crippen molar-refractivity contribution in [3.8, 4) is 0 Å². The second kappa shape index (κ2) is 4.78. The Bertz CT molecular complexity index is 570. The first-order chi connectivity index (χ1) is 7.74. The molecule has 1 N–H and O–H groups in total. The quantitative estimate of drug-likeness (QED) is 0.622. The van der Waals surface area contributed by atoms with Gasteiger partial charge in [-0.25, -0.2) is 0 Å². The van der Waals surface area contributed by atoms with Gasteiger partial charge in [-0.1, -0.05) is 24.3 Å². The molecule has 1 nitrogen and oxygen atoms in total. The third kappa shape index (κ3) is 2.16. The largest absolute Gasteiger partial charge is 0.308 e. The summed E-state index contributed by atoms with van der Waals surface area (Å²) in [6, 6.07) is 12.7. The van der Waals surface area contributed by atoms with Crippen molar-refractivity contribution in [3.63, 3.8) is 0 Å². The lowest BCUT2D eigenvalue weighted by molar-refractivity contribution is 1.56. The Morgan fingerprint density at radius 1 is 1.12 bits per heavy atom. The fourth-order valence-corrected chi connectivity index (χ4v) is 2.24. The monoisotopic (exact) mass is 321 g/mol. The SMILES string of the molecule is C/C=C(\C=N)c1ccc2cc(I)ccc2c1. The highest BCUT2D eigenvalue weighted by Gasteiger charge is 2.00. The highest BCUT2D eigenvalue weighted by Crippen LogP contribution is 2.22. The lowest BCUT2D eigenvalue weighted by Crippen LogP contribution is -1.85. The molecule has 2 aromatic rings. The van der Waals surface area contributed by atoms with Gasteiger partial charge in [-0.3, -0.25) is 0 Å². The van der Waals surface area contributed by atoms with Crippen molar-refractivity contribution in [3.05, 3.63) is 51.6 Å². The molecule has 0 aliphatic carbocycles. The van der Waals surface area contributed by atoms with Crippen molar-refractivity contribution >= 4 is 45.2 Å². The zero-order valence-corrected chi connectivity index (χ0v) is 11.2. The van der Waals surface area contributed by atoms with Gasteiger partial charge in [-0.15, -0.1) is 0 Å². The van der Waals surface area contributed by atoms with Crippen molar-refractivity contribution in [2.75, 3.05) is 0 Å². The minimum absolute atomic E-state index is 0.959. The summed E-state index contributed by atoms with van der Waals surface area (Å²) in [6.45, 7) is 1.96. The normalized spacial score (nSPS) is 11.8. The maximum atomic E-state index is 7.35. The predicted molar refractivity (Wildman–Crippen MR) is 79.1 cm³/mol. The molecule has 0 spiro atoms. The summed E-state index contributed by atoms with van der Waals surface area (Å²) in [7, 11) is 0. The minimum Gasteiger partial charge on any atom is -0.308 e. The Kier molecular flexibility index (Phi) is 3.39. The van der Waals surface area contributed by atoms with E-state index in [1.54, 1.807) is 0 Å².